The van der Waals surface area contributed by atoms with Crippen LogP contribution < -0.4 is 10.6 Å². The maximum absolute atomic E-state index is 11.9. The molecule has 0 aliphatic rings. The van der Waals surface area contributed by atoms with Gasteiger partial charge in [-0.15, -0.1) is 0 Å². The number of rotatable bonds is 2. The van der Waals surface area contributed by atoms with Crippen LogP contribution in [0.3, 0.4) is 0 Å². The normalized spacial score (nSPS) is 10.0. The first-order valence-corrected chi connectivity index (χ1v) is 6.27. The molecule has 19 heavy (non-hydrogen) atoms. The molecule has 0 spiro atoms. The summed E-state index contributed by atoms with van der Waals surface area (Å²) in [5, 5.41) is 6.32. The fourth-order valence-corrected chi connectivity index (χ4v) is 1.82. The maximum atomic E-state index is 11.9. The van der Waals surface area contributed by atoms with Crippen LogP contribution in [-0.2, 0) is 0 Å². The second-order valence-corrected chi connectivity index (χ2v) is 4.65. The van der Waals surface area contributed by atoms with Gasteiger partial charge in [0.2, 0.25) is 0 Å². The van der Waals surface area contributed by atoms with Gasteiger partial charge in [0.15, 0.2) is 5.11 Å². The van der Waals surface area contributed by atoms with Crippen LogP contribution in [0.2, 0.25) is 5.02 Å². The van der Waals surface area contributed by atoms with E-state index >= 15 is 0 Å². The Labute approximate surface area is 120 Å². The molecule has 1 aromatic heterocycles. The SMILES string of the molecule is Cc1occc1C(=O)NC(=S)Nc1ccc(Cl)cc1. The van der Waals surface area contributed by atoms with Gasteiger partial charge in [0.05, 0.1) is 11.8 Å². The molecule has 0 saturated carbocycles. The summed E-state index contributed by atoms with van der Waals surface area (Å²) in [4.78, 5) is 11.9. The Morgan fingerprint density at radius 3 is 2.53 bits per heavy atom. The van der Waals surface area contributed by atoms with Crippen molar-refractivity contribution in [1.82, 2.24) is 5.32 Å². The van der Waals surface area contributed by atoms with Crippen molar-refractivity contribution in [3.63, 3.8) is 0 Å². The minimum Gasteiger partial charge on any atom is -0.469 e. The highest BCUT2D eigenvalue weighted by Gasteiger charge is 2.12. The van der Waals surface area contributed by atoms with Crippen molar-refractivity contribution in [3.05, 3.63) is 52.9 Å². The summed E-state index contributed by atoms with van der Waals surface area (Å²) in [5.74, 6) is 0.240. The molecule has 0 unspecified atom stereocenters. The predicted molar refractivity (Wildman–Crippen MR) is 78.6 cm³/mol. The molecule has 0 bridgehead atoms. The van der Waals surface area contributed by atoms with Crippen LogP contribution in [0.25, 0.3) is 0 Å². The van der Waals surface area contributed by atoms with Gasteiger partial charge in [0.25, 0.3) is 5.91 Å². The van der Waals surface area contributed by atoms with Gasteiger partial charge in [-0.1, -0.05) is 11.6 Å². The fraction of sp³-hybridized carbons (Fsp3) is 0.0769. The standard InChI is InChI=1S/C13H11ClN2O2S/c1-8-11(6-7-18-8)12(17)16-13(19)15-10-4-2-9(14)3-5-10/h2-7H,1H3,(H2,15,16,17,19). The predicted octanol–water partition coefficient (Wildman–Crippen LogP) is 3.37. The summed E-state index contributed by atoms with van der Waals surface area (Å²) in [5.41, 5.74) is 1.21. The summed E-state index contributed by atoms with van der Waals surface area (Å²) in [6.07, 6.45) is 1.46. The monoisotopic (exact) mass is 294 g/mol. The number of halogens is 1. The zero-order chi connectivity index (χ0) is 13.8. The number of thiocarbonyl (C=S) groups is 1. The third kappa shape index (κ3) is 3.56. The quantitative estimate of drug-likeness (QED) is 0.834. The molecule has 0 saturated heterocycles. The number of benzene rings is 1. The summed E-state index contributed by atoms with van der Waals surface area (Å²) >= 11 is 10.8. The van der Waals surface area contributed by atoms with Crippen LogP contribution in [0.4, 0.5) is 5.69 Å². The molecular formula is C13H11ClN2O2S. The number of hydrogen-bond acceptors (Lipinski definition) is 3. The molecule has 98 valence electrons. The first-order valence-electron chi connectivity index (χ1n) is 5.48. The van der Waals surface area contributed by atoms with Gasteiger partial charge in [-0.2, -0.15) is 0 Å². The first kappa shape index (κ1) is 13.6. The topological polar surface area (TPSA) is 54.3 Å². The second-order valence-electron chi connectivity index (χ2n) is 3.81. The Morgan fingerprint density at radius 2 is 1.95 bits per heavy atom. The van der Waals surface area contributed by atoms with Gasteiger partial charge in [0, 0.05) is 10.7 Å². The van der Waals surface area contributed by atoms with Gasteiger partial charge in [-0.25, -0.2) is 0 Å². The Hall–Kier alpha value is -1.85. The van der Waals surface area contributed by atoms with Crippen LogP contribution in [0.15, 0.2) is 41.0 Å². The van der Waals surface area contributed by atoms with E-state index in [0.717, 1.165) is 5.69 Å². The summed E-state index contributed by atoms with van der Waals surface area (Å²) in [6.45, 7) is 1.71. The Morgan fingerprint density at radius 1 is 1.26 bits per heavy atom. The number of amides is 1. The number of anilines is 1. The highest BCUT2D eigenvalue weighted by Crippen LogP contribution is 2.13. The van der Waals surface area contributed by atoms with E-state index in [1.54, 1.807) is 37.3 Å². The molecule has 4 nitrogen and oxygen atoms in total. The highest BCUT2D eigenvalue weighted by atomic mass is 35.5. The maximum Gasteiger partial charge on any atom is 0.260 e. The second kappa shape index (κ2) is 5.86. The summed E-state index contributed by atoms with van der Waals surface area (Å²) in [6, 6.07) is 8.59. The van der Waals surface area contributed by atoms with Crippen molar-refractivity contribution in [2.75, 3.05) is 5.32 Å². The van der Waals surface area contributed by atoms with Gasteiger partial charge < -0.3 is 9.73 Å². The molecule has 0 fully saturated rings. The van der Waals surface area contributed by atoms with E-state index in [-0.39, 0.29) is 11.0 Å². The average molecular weight is 295 g/mol. The third-order valence-corrected chi connectivity index (χ3v) is 2.89. The van der Waals surface area contributed by atoms with E-state index in [1.807, 2.05) is 0 Å². The van der Waals surface area contributed by atoms with E-state index in [1.165, 1.54) is 6.26 Å². The number of hydrogen-bond donors (Lipinski definition) is 2. The molecule has 0 aliphatic heterocycles. The molecule has 1 heterocycles. The van der Waals surface area contributed by atoms with Crippen molar-refractivity contribution in [2.45, 2.75) is 6.92 Å². The van der Waals surface area contributed by atoms with Crippen LogP contribution >= 0.6 is 23.8 Å². The van der Waals surface area contributed by atoms with E-state index < -0.39 is 0 Å². The molecule has 0 radical (unpaired) electrons. The summed E-state index contributed by atoms with van der Waals surface area (Å²) in [7, 11) is 0. The molecule has 2 N–H and O–H groups in total. The van der Waals surface area contributed by atoms with Crippen molar-refractivity contribution in [2.24, 2.45) is 0 Å². The van der Waals surface area contributed by atoms with E-state index in [0.29, 0.717) is 16.3 Å². The Bertz CT molecular complexity index is 607. The van der Waals surface area contributed by atoms with Crippen LogP contribution in [0.1, 0.15) is 16.1 Å². The van der Waals surface area contributed by atoms with Gasteiger partial charge in [-0.05, 0) is 49.5 Å². The van der Waals surface area contributed by atoms with E-state index in [2.05, 4.69) is 10.6 Å². The lowest BCUT2D eigenvalue weighted by Gasteiger charge is -2.09. The van der Waals surface area contributed by atoms with Crippen LogP contribution in [-0.4, -0.2) is 11.0 Å². The van der Waals surface area contributed by atoms with Crippen LogP contribution in [0.5, 0.6) is 0 Å². The van der Waals surface area contributed by atoms with Crippen molar-refractivity contribution in [3.8, 4) is 0 Å². The number of carbonyl (C=O) groups excluding carboxylic acids is 1. The summed E-state index contributed by atoms with van der Waals surface area (Å²) < 4.78 is 5.06. The first-order chi connectivity index (χ1) is 9.06. The molecule has 0 atom stereocenters. The highest BCUT2D eigenvalue weighted by molar-refractivity contribution is 7.80. The van der Waals surface area contributed by atoms with Gasteiger partial charge in [0.1, 0.15) is 5.76 Å². The Balaban J connectivity index is 1.96. The smallest absolute Gasteiger partial charge is 0.260 e. The molecule has 2 rings (SSSR count). The number of furan rings is 1. The minimum absolute atomic E-state index is 0.216. The molecule has 1 aromatic carbocycles. The van der Waals surface area contributed by atoms with Gasteiger partial charge >= 0.3 is 0 Å². The minimum atomic E-state index is -0.308. The lowest BCUT2D eigenvalue weighted by Crippen LogP contribution is -2.34. The van der Waals surface area contributed by atoms with Crippen molar-refractivity contribution >= 4 is 40.5 Å². The van der Waals surface area contributed by atoms with E-state index in [9.17, 15) is 4.79 Å². The average Bonchev–Trinajstić information content (AvgIpc) is 2.78. The lowest BCUT2D eigenvalue weighted by molar-refractivity contribution is 0.0976. The molecule has 1 amide bonds. The largest absolute Gasteiger partial charge is 0.469 e. The zero-order valence-electron chi connectivity index (χ0n) is 10.1. The molecule has 2 aromatic rings. The number of nitrogens with one attached hydrogen (secondary N) is 2. The third-order valence-electron chi connectivity index (χ3n) is 2.43. The number of carbonyl (C=O) groups is 1. The van der Waals surface area contributed by atoms with Crippen molar-refractivity contribution in [1.29, 1.82) is 0 Å². The number of aryl methyl sites for hydroxylation is 1. The van der Waals surface area contributed by atoms with Crippen LogP contribution in [0, 0.1) is 6.92 Å². The van der Waals surface area contributed by atoms with E-state index in [4.69, 9.17) is 28.2 Å². The van der Waals surface area contributed by atoms with Crippen molar-refractivity contribution < 1.29 is 9.21 Å². The lowest BCUT2D eigenvalue weighted by atomic mass is 10.2. The Kier molecular flexibility index (Phi) is 4.19. The fourth-order valence-electron chi connectivity index (χ4n) is 1.49. The molecule has 0 aliphatic carbocycles. The zero-order valence-corrected chi connectivity index (χ0v) is 11.6. The molecular weight excluding hydrogens is 284 g/mol. The molecule has 6 heteroatoms. The van der Waals surface area contributed by atoms with Gasteiger partial charge in [-0.3, -0.25) is 10.1 Å².